The fourth-order valence-electron chi connectivity index (χ4n) is 5.66. The Balaban J connectivity index is 1.41. The fraction of sp³-hybridized carbons (Fsp3) is 1.00. The first kappa shape index (κ1) is 17.7. The zero-order valence-corrected chi connectivity index (χ0v) is 15.2. The highest BCUT2D eigenvalue weighted by atomic mass is 19.1. The molecule has 5 aliphatic rings. The van der Waals surface area contributed by atoms with Gasteiger partial charge in [-0.15, -0.1) is 0 Å². The SMILES string of the molecule is FC1CCC2C(C1)OCCN1CC[C@H](CC3NC(F)C4CNN2C4N3)C1. The largest absolute Gasteiger partial charge is 0.375 e. The summed E-state index contributed by atoms with van der Waals surface area (Å²) in [5.74, 6) is 0.463. The third kappa shape index (κ3) is 3.29. The molecule has 4 saturated heterocycles. The van der Waals surface area contributed by atoms with Gasteiger partial charge in [0.1, 0.15) is 6.17 Å². The van der Waals surface area contributed by atoms with E-state index < -0.39 is 12.5 Å². The molecule has 0 aromatic carbocycles. The average molecular weight is 371 g/mol. The van der Waals surface area contributed by atoms with Gasteiger partial charge in [-0.05, 0) is 38.1 Å². The summed E-state index contributed by atoms with van der Waals surface area (Å²) in [6, 6.07) is 0.100. The minimum absolute atomic E-state index is 0.00349. The molecule has 5 fully saturated rings. The molecule has 0 amide bonds. The highest BCUT2D eigenvalue weighted by molar-refractivity contribution is 4.99. The van der Waals surface area contributed by atoms with E-state index in [1.807, 2.05) is 0 Å². The van der Waals surface area contributed by atoms with Gasteiger partial charge in [0.2, 0.25) is 0 Å². The molecule has 9 atom stereocenters. The van der Waals surface area contributed by atoms with Gasteiger partial charge in [0.15, 0.2) is 6.30 Å². The van der Waals surface area contributed by atoms with Crippen molar-refractivity contribution >= 4 is 0 Å². The van der Waals surface area contributed by atoms with Gasteiger partial charge in [-0.3, -0.25) is 16.1 Å². The van der Waals surface area contributed by atoms with Crippen LogP contribution >= 0.6 is 0 Å². The van der Waals surface area contributed by atoms with Crippen molar-refractivity contribution in [3.05, 3.63) is 0 Å². The molecular weight excluding hydrogens is 340 g/mol. The molecule has 148 valence electrons. The van der Waals surface area contributed by atoms with E-state index in [-0.39, 0.29) is 30.4 Å². The van der Waals surface area contributed by atoms with Crippen LogP contribution in [0, 0.1) is 11.8 Å². The second-order valence-electron chi connectivity index (χ2n) is 8.74. The first-order chi connectivity index (χ1) is 12.7. The van der Waals surface area contributed by atoms with Gasteiger partial charge in [-0.1, -0.05) is 0 Å². The molecule has 4 heterocycles. The Morgan fingerprint density at radius 3 is 2.85 bits per heavy atom. The van der Waals surface area contributed by atoms with Gasteiger partial charge >= 0.3 is 0 Å². The summed E-state index contributed by atoms with van der Waals surface area (Å²) in [5, 5.41) is 8.97. The van der Waals surface area contributed by atoms with Crippen molar-refractivity contribution in [2.75, 3.05) is 32.8 Å². The smallest absolute Gasteiger partial charge is 0.159 e. The van der Waals surface area contributed by atoms with Gasteiger partial charge in [0, 0.05) is 32.0 Å². The Kier molecular flexibility index (Phi) is 4.91. The number of hydrogen-bond acceptors (Lipinski definition) is 6. The van der Waals surface area contributed by atoms with Crippen LogP contribution < -0.4 is 16.1 Å². The molecule has 6 nitrogen and oxygen atoms in total. The number of nitrogens with one attached hydrogen (secondary N) is 3. The van der Waals surface area contributed by atoms with E-state index in [2.05, 4.69) is 26.0 Å². The van der Waals surface area contributed by atoms with Crippen molar-refractivity contribution in [3.8, 4) is 0 Å². The fourth-order valence-corrected chi connectivity index (χ4v) is 5.66. The van der Waals surface area contributed by atoms with Crippen LogP contribution in [0.3, 0.4) is 0 Å². The van der Waals surface area contributed by atoms with Crippen molar-refractivity contribution < 1.29 is 13.5 Å². The number of alkyl halides is 2. The monoisotopic (exact) mass is 371 g/mol. The normalized spacial score (nSPS) is 52.6. The lowest BCUT2D eigenvalue weighted by Gasteiger charge is -2.45. The van der Waals surface area contributed by atoms with E-state index in [1.165, 1.54) is 0 Å². The molecule has 0 aromatic heterocycles. The van der Waals surface area contributed by atoms with Crippen molar-refractivity contribution in [2.45, 2.75) is 69.0 Å². The minimum atomic E-state index is -1.01. The summed E-state index contributed by atoms with van der Waals surface area (Å²) in [6.45, 7) is 4.31. The molecule has 8 heteroatoms. The van der Waals surface area contributed by atoms with Crippen LogP contribution in [-0.4, -0.2) is 79.6 Å². The number of nitrogens with zero attached hydrogens (tertiary/aromatic N) is 2. The Bertz CT molecular complexity index is 514. The lowest BCUT2D eigenvalue weighted by atomic mass is 9.89. The first-order valence-corrected chi connectivity index (χ1v) is 10.3. The highest BCUT2D eigenvalue weighted by Gasteiger charge is 2.49. The Labute approximate surface area is 153 Å². The quantitative estimate of drug-likeness (QED) is 0.541. The van der Waals surface area contributed by atoms with Crippen LogP contribution in [0.15, 0.2) is 0 Å². The van der Waals surface area contributed by atoms with E-state index in [4.69, 9.17) is 4.74 Å². The van der Waals surface area contributed by atoms with Crippen LogP contribution in [0.2, 0.25) is 0 Å². The van der Waals surface area contributed by atoms with Crippen LogP contribution in [0.1, 0.15) is 32.1 Å². The maximum Gasteiger partial charge on any atom is 0.159 e. The topological polar surface area (TPSA) is 51.8 Å². The second kappa shape index (κ2) is 7.22. The summed E-state index contributed by atoms with van der Waals surface area (Å²) in [4.78, 5) is 2.44. The minimum Gasteiger partial charge on any atom is -0.375 e. The summed E-state index contributed by atoms with van der Waals surface area (Å²) in [5.41, 5.74) is 3.41. The molecular formula is C18H31F2N5O. The molecule has 0 radical (unpaired) electrons. The van der Waals surface area contributed by atoms with Crippen molar-refractivity contribution in [1.82, 2.24) is 26.0 Å². The van der Waals surface area contributed by atoms with Crippen molar-refractivity contribution in [1.29, 1.82) is 0 Å². The molecule has 8 unspecified atom stereocenters. The standard InChI is InChI=1S/C18H31F2N5O/c19-12-1-2-14-15(8-12)26-6-5-24-4-3-11(10-24)7-16-22-17(20)13-9-21-25(14)18(13)23-16/h11-18,21-23H,1-10H2/t11-,12?,13?,14?,15?,16?,17?,18?/m1/s1. The lowest BCUT2D eigenvalue weighted by molar-refractivity contribution is -0.0876. The summed E-state index contributed by atoms with van der Waals surface area (Å²) < 4.78 is 35.1. The predicted molar refractivity (Wildman–Crippen MR) is 93.5 cm³/mol. The zero-order valence-electron chi connectivity index (χ0n) is 15.2. The van der Waals surface area contributed by atoms with Gasteiger partial charge in [0.25, 0.3) is 0 Å². The second-order valence-corrected chi connectivity index (χ2v) is 8.74. The third-order valence-electron chi connectivity index (χ3n) is 7.05. The van der Waals surface area contributed by atoms with E-state index in [0.29, 0.717) is 31.9 Å². The van der Waals surface area contributed by atoms with Crippen LogP contribution in [0.25, 0.3) is 0 Å². The van der Waals surface area contributed by atoms with Gasteiger partial charge < -0.3 is 9.64 Å². The maximum atomic E-state index is 14.8. The summed E-state index contributed by atoms with van der Waals surface area (Å²) in [6.07, 6.45) is 1.90. The number of hydrazine groups is 1. The average Bonchev–Trinajstić information content (AvgIpc) is 3.22. The zero-order chi connectivity index (χ0) is 17.7. The number of fused-ring (bicyclic) bond motifs is 5. The number of ether oxygens (including phenoxy) is 1. The Morgan fingerprint density at radius 2 is 1.92 bits per heavy atom. The maximum absolute atomic E-state index is 14.8. The molecule has 0 aromatic rings. The molecule has 26 heavy (non-hydrogen) atoms. The number of rotatable bonds is 0. The van der Waals surface area contributed by atoms with Gasteiger partial charge in [-0.2, -0.15) is 0 Å². The van der Waals surface area contributed by atoms with Crippen LogP contribution in [0.4, 0.5) is 8.78 Å². The Hall–Kier alpha value is -0.380. The molecule has 1 saturated carbocycles. The summed E-state index contributed by atoms with van der Waals surface area (Å²) in [7, 11) is 0. The van der Waals surface area contributed by atoms with Crippen molar-refractivity contribution in [2.24, 2.45) is 11.8 Å². The Morgan fingerprint density at radius 1 is 1.00 bits per heavy atom. The molecule has 4 aliphatic heterocycles. The number of halogens is 2. The summed E-state index contributed by atoms with van der Waals surface area (Å²) >= 11 is 0. The van der Waals surface area contributed by atoms with E-state index in [0.717, 1.165) is 38.9 Å². The van der Waals surface area contributed by atoms with Gasteiger partial charge in [-0.25, -0.2) is 13.8 Å². The molecule has 1 aliphatic carbocycles. The van der Waals surface area contributed by atoms with Crippen molar-refractivity contribution in [3.63, 3.8) is 0 Å². The van der Waals surface area contributed by atoms with Crippen LogP contribution in [0.5, 0.6) is 0 Å². The molecule has 3 N–H and O–H groups in total. The molecule has 5 rings (SSSR count). The van der Waals surface area contributed by atoms with Crippen LogP contribution in [-0.2, 0) is 4.74 Å². The molecule has 0 spiro atoms. The predicted octanol–water partition coefficient (Wildman–Crippen LogP) is 0.565. The lowest BCUT2D eigenvalue weighted by Crippen LogP contribution is -2.67. The van der Waals surface area contributed by atoms with Gasteiger partial charge in [0.05, 0.1) is 31.1 Å². The van der Waals surface area contributed by atoms with E-state index >= 15 is 0 Å². The molecule has 4 bridgehead atoms. The first-order valence-electron chi connectivity index (χ1n) is 10.3. The van der Waals surface area contributed by atoms with E-state index in [1.54, 1.807) is 0 Å². The number of hydrogen-bond donors (Lipinski definition) is 3. The highest BCUT2D eigenvalue weighted by Crippen LogP contribution is 2.34. The third-order valence-corrected chi connectivity index (χ3v) is 7.05. The van der Waals surface area contributed by atoms with E-state index in [9.17, 15) is 8.78 Å².